The van der Waals surface area contributed by atoms with Gasteiger partial charge < -0.3 is 19.4 Å². The number of hydrogen-bond acceptors (Lipinski definition) is 6. The molecular weight excluding hydrogens is 446 g/mol. The lowest BCUT2D eigenvalue weighted by molar-refractivity contribution is 0.0947. The molecule has 2 heterocycles. The maximum absolute atomic E-state index is 12.7. The number of aliphatic hydroxyl groups is 1. The summed E-state index contributed by atoms with van der Waals surface area (Å²) in [6.45, 7) is 13.5. The molecule has 34 heavy (non-hydrogen) atoms. The largest absolute Gasteiger partial charge is 0.412 e. The summed E-state index contributed by atoms with van der Waals surface area (Å²) in [5.74, 6) is 0.463. The molecule has 1 saturated carbocycles. The van der Waals surface area contributed by atoms with Crippen molar-refractivity contribution in [3.05, 3.63) is 48.5 Å². The zero-order valence-electron chi connectivity index (χ0n) is 20.8. The van der Waals surface area contributed by atoms with Crippen LogP contribution >= 0.6 is 0 Å². The minimum Gasteiger partial charge on any atom is -0.412 e. The van der Waals surface area contributed by atoms with Gasteiger partial charge in [-0.3, -0.25) is 4.79 Å². The lowest BCUT2D eigenvalue weighted by atomic mass is 9.98. The van der Waals surface area contributed by atoms with Crippen molar-refractivity contribution in [2.24, 2.45) is 11.8 Å². The highest BCUT2D eigenvalue weighted by atomic mass is 28.4. The smallest absolute Gasteiger partial charge is 0.256 e. The summed E-state index contributed by atoms with van der Waals surface area (Å²) in [4.78, 5) is 26.1. The molecule has 4 rings (SSSR count). The van der Waals surface area contributed by atoms with E-state index >= 15 is 0 Å². The molecule has 0 radical (unpaired) electrons. The molecule has 0 bridgehead atoms. The highest BCUT2D eigenvalue weighted by Crippen LogP contribution is 2.47. The second kappa shape index (κ2) is 9.20. The third kappa shape index (κ3) is 4.52. The molecule has 0 spiro atoms. The van der Waals surface area contributed by atoms with Gasteiger partial charge in [0.1, 0.15) is 6.33 Å². The fraction of sp³-hybridized carbons (Fsp3) is 0.520. The van der Waals surface area contributed by atoms with Crippen LogP contribution in [0.1, 0.15) is 50.5 Å². The van der Waals surface area contributed by atoms with Gasteiger partial charge in [-0.25, -0.2) is 15.0 Å². The molecular formula is C25H35N5O3Si. The molecule has 182 valence electrons. The molecule has 2 aromatic heterocycles. The number of aromatic nitrogens is 4. The van der Waals surface area contributed by atoms with Crippen LogP contribution in [0.15, 0.2) is 43.0 Å². The summed E-state index contributed by atoms with van der Waals surface area (Å²) in [6, 6.07) is 9.00. The van der Waals surface area contributed by atoms with Crippen LogP contribution in [-0.4, -0.2) is 51.6 Å². The minimum absolute atomic E-state index is 0.0150. The van der Waals surface area contributed by atoms with Crippen molar-refractivity contribution < 1.29 is 14.3 Å². The van der Waals surface area contributed by atoms with Crippen LogP contribution in [0.5, 0.6) is 0 Å². The van der Waals surface area contributed by atoms with Crippen LogP contribution in [0.25, 0.3) is 11.2 Å². The third-order valence-corrected chi connectivity index (χ3v) is 12.1. The number of carbonyl (C=O) groups excluding carboxylic acids is 1. The second-order valence-electron chi connectivity index (χ2n) is 10.8. The van der Waals surface area contributed by atoms with Gasteiger partial charge in [0.2, 0.25) is 0 Å². The first-order valence-corrected chi connectivity index (χ1v) is 14.8. The van der Waals surface area contributed by atoms with Crippen LogP contribution in [0.2, 0.25) is 18.1 Å². The number of aliphatic hydroxyl groups excluding tert-OH is 1. The first-order valence-electron chi connectivity index (χ1n) is 11.9. The third-order valence-electron chi connectivity index (χ3n) is 7.64. The van der Waals surface area contributed by atoms with E-state index in [2.05, 4.69) is 61.1 Å². The monoisotopic (exact) mass is 481 g/mol. The summed E-state index contributed by atoms with van der Waals surface area (Å²) in [7, 11) is -2.05. The molecule has 8 nitrogen and oxygen atoms in total. The van der Waals surface area contributed by atoms with Gasteiger partial charge in [0.05, 0.1) is 18.5 Å². The molecule has 0 aliphatic heterocycles. The van der Waals surface area contributed by atoms with Gasteiger partial charge in [0.25, 0.3) is 5.91 Å². The average Bonchev–Trinajstić information content (AvgIpc) is 3.35. The minimum atomic E-state index is -2.05. The Bertz CT molecular complexity index is 1160. The first-order chi connectivity index (χ1) is 16.0. The van der Waals surface area contributed by atoms with E-state index in [0.717, 1.165) is 6.42 Å². The predicted octanol–water partition coefficient (Wildman–Crippen LogP) is 4.66. The van der Waals surface area contributed by atoms with E-state index in [4.69, 9.17) is 4.43 Å². The van der Waals surface area contributed by atoms with E-state index in [1.165, 1.54) is 6.33 Å². The van der Waals surface area contributed by atoms with Crippen molar-refractivity contribution in [1.82, 2.24) is 19.5 Å². The number of amides is 1. The van der Waals surface area contributed by atoms with Crippen LogP contribution in [-0.2, 0) is 4.43 Å². The average molecular weight is 482 g/mol. The number of rotatable bonds is 6. The molecule has 3 aromatic rings. The van der Waals surface area contributed by atoms with Crippen molar-refractivity contribution in [3.8, 4) is 0 Å². The van der Waals surface area contributed by atoms with E-state index in [-0.39, 0.29) is 41.5 Å². The molecule has 9 heteroatoms. The molecule has 1 aromatic carbocycles. The van der Waals surface area contributed by atoms with E-state index in [0.29, 0.717) is 22.5 Å². The number of carbonyl (C=O) groups is 1. The fourth-order valence-electron chi connectivity index (χ4n) is 4.45. The number of nitrogens with one attached hydrogen (secondary N) is 1. The quantitative estimate of drug-likeness (QED) is 0.497. The first kappa shape index (κ1) is 24.5. The van der Waals surface area contributed by atoms with Crippen molar-refractivity contribution in [2.45, 2.75) is 64.4 Å². The Morgan fingerprint density at radius 2 is 1.91 bits per heavy atom. The van der Waals surface area contributed by atoms with Crippen molar-refractivity contribution >= 4 is 31.2 Å². The normalized spacial score (nSPS) is 23.4. The summed E-state index contributed by atoms with van der Waals surface area (Å²) in [5.41, 5.74) is 1.74. The number of anilines is 1. The summed E-state index contributed by atoms with van der Waals surface area (Å²) in [6.07, 6.45) is 3.93. The van der Waals surface area contributed by atoms with E-state index in [9.17, 15) is 9.90 Å². The van der Waals surface area contributed by atoms with Crippen LogP contribution < -0.4 is 5.32 Å². The molecule has 0 saturated heterocycles. The number of hydrogen-bond donors (Lipinski definition) is 2. The van der Waals surface area contributed by atoms with Gasteiger partial charge in [0, 0.05) is 12.2 Å². The van der Waals surface area contributed by atoms with Crippen LogP contribution in [0.3, 0.4) is 0 Å². The Balaban J connectivity index is 1.68. The molecule has 2 N–H and O–H groups in total. The Hall–Kier alpha value is -2.62. The molecule has 1 fully saturated rings. The van der Waals surface area contributed by atoms with E-state index in [1.54, 1.807) is 18.5 Å². The summed E-state index contributed by atoms with van der Waals surface area (Å²) in [5, 5.41) is 13.0. The van der Waals surface area contributed by atoms with Crippen molar-refractivity contribution in [1.29, 1.82) is 0 Å². The Labute approximate surface area is 201 Å². The van der Waals surface area contributed by atoms with Crippen molar-refractivity contribution in [2.75, 3.05) is 11.9 Å². The zero-order valence-corrected chi connectivity index (χ0v) is 21.8. The Morgan fingerprint density at radius 1 is 1.21 bits per heavy atom. The molecule has 1 aliphatic rings. The van der Waals surface area contributed by atoms with Crippen LogP contribution in [0, 0.1) is 11.8 Å². The molecule has 1 amide bonds. The van der Waals surface area contributed by atoms with Gasteiger partial charge in [-0.2, -0.15) is 0 Å². The van der Waals surface area contributed by atoms with E-state index < -0.39 is 8.32 Å². The molecule has 0 unspecified atom stereocenters. The van der Waals surface area contributed by atoms with E-state index in [1.807, 2.05) is 22.8 Å². The Kier molecular flexibility index (Phi) is 6.63. The number of benzene rings is 1. The summed E-state index contributed by atoms with van der Waals surface area (Å²) >= 11 is 0. The van der Waals surface area contributed by atoms with Crippen LogP contribution in [0.4, 0.5) is 5.82 Å². The van der Waals surface area contributed by atoms with Gasteiger partial charge in [0.15, 0.2) is 25.3 Å². The maximum Gasteiger partial charge on any atom is 0.256 e. The Morgan fingerprint density at radius 3 is 2.56 bits per heavy atom. The molecule has 4 atom stereocenters. The lowest BCUT2D eigenvalue weighted by Crippen LogP contribution is -2.46. The number of imidazole rings is 1. The van der Waals surface area contributed by atoms with Gasteiger partial charge in [-0.05, 0) is 48.5 Å². The SMILES string of the molecule is C[C@@H]1[C@@H](CO)C[C@@H](n2cnc3c(NC(=O)c4ccccc4)ncnc32)[C@@H]1O[Si](C)(C)C(C)(C)C. The van der Waals surface area contributed by atoms with Gasteiger partial charge in [-0.1, -0.05) is 45.9 Å². The maximum atomic E-state index is 12.7. The lowest BCUT2D eigenvalue weighted by Gasteiger charge is -2.41. The molecule has 1 aliphatic carbocycles. The van der Waals surface area contributed by atoms with Crippen molar-refractivity contribution in [3.63, 3.8) is 0 Å². The van der Waals surface area contributed by atoms with Gasteiger partial charge in [-0.15, -0.1) is 0 Å². The standard InChI is InChI=1S/C25H35N5O3Si/c1-16-18(13-31)12-19(21(16)33-34(5,6)25(2,3)4)30-15-28-20-22(26-14-27-23(20)30)29-24(32)17-10-8-7-9-11-17/h7-11,14-16,18-19,21,31H,12-13H2,1-6H3,(H,26,27,29,32)/t16-,18-,19-,21-/m1/s1. The second-order valence-corrected chi connectivity index (χ2v) is 15.6. The highest BCUT2D eigenvalue weighted by molar-refractivity contribution is 6.74. The van der Waals surface area contributed by atoms with Gasteiger partial charge >= 0.3 is 0 Å². The summed E-state index contributed by atoms with van der Waals surface area (Å²) < 4.78 is 8.95. The number of nitrogens with zero attached hydrogens (tertiary/aromatic N) is 4. The topological polar surface area (TPSA) is 102 Å². The predicted molar refractivity (Wildman–Crippen MR) is 135 cm³/mol. The fourth-order valence-corrected chi connectivity index (χ4v) is 5.85. The highest BCUT2D eigenvalue weighted by Gasteiger charge is 2.48. The zero-order chi connectivity index (χ0) is 24.7. The number of fused-ring (bicyclic) bond motifs is 1.